The molecule has 0 unspecified atom stereocenters. The lowest BCUT2D eigenvalue weighted by Crippen LogP contribution is -2.64. The quantitative estimate of drug-likeness (QED) is 0.276. The number of hydroxylamine groups is 2. The standard InChI is InChI=1S/C24H43Cl2N5O/c1-7-9-11-12-13-14-16-32-31-23(3,4)17-19(18-24(31,5)6)30(15-10-8-2)22-28-20(25)27-21(26)29-22/h19H,7-18H2,1-6H3. The molecule has 0 radical (unpaired) electrons. The van der Waals surface area contributed by atoms with E-state index in [9.17, 15) is 0 Å². The average molecular weight is 489 g/mol. The molecule has 1 aliphatic rings. The monoisotopic (exact) mass is 487 g/mol. The molecular weight excluding hydrogens is 445 g/mol. The molecule has 6 nitrogen and oxygen atoms in total. The first kappa shape index (κ1) is 27.6. The van der Waals surface area contributed by atoms with Gasteiger partial charge < -0.3 is 4.90 Å². The highest BCUT2D eigenvalue weighted by Gasteiger charge is 2.48. The zero-order chi connectivity index (χ0) is 23.8. The Hall–Kier alpha value is -0.690. The largest absolute Gasteiger partial charge is 0.338 e. The van der Waals surface area contributed by atoms with E-state index >= 15 is 0 Å². The van der Waals surface area contributed by atoms with Crippen LogP contribution in [-0.2, 0) is 4.84 Å². The molecule has 8 heteroatoms. The summed E-state index contributed by atoms with van der Waals surface area (Å²) in [6.45, 7) is 15.2. The molecule has 0 saturated carbocycles. The molecule has 0 atom stereocenters. The molecule has 1 aromatic rings. The van der Waals surface area contributed by atoms with Crippen molar-refractivity contribution in [3.8, 4) is 0 Å². The number of unbranched alkanes of at least 4 members (excludes halogenated alkanes) is 6. The Morgan fingerprint density at radius 1 is 0.844 bits per heavy atom. The Bertz CT molecular complexity index is 663. The van der Waals surface area contributed by atoms with Gasteiger partial charge in [-0.15, -0.1) is 0 Å². The van der Waals surface area contributed by atoms with Gasteiger partial charge in [0, 0.05) is 23.7 Å². The van der Waals surface area contributed by atoms with Crippen molar-refractivity contribution in [2.24, 2.45) is 0 Å². The summed E-state index contributed by atoms with van der Waals surface area (Å²) < 4.78 is 0. The molecule has 184 valence electrons. The fraction of sp³-hybridized carbons (Fsp3) is 0.875. The highest BCUT2D eigenvalue weighted by Crippen LogP contribution is 2.41. The van der Waals surface area contributed by atoms with E-state index in [1.54, 1.807) is 0 Å². The second-order valence-corrected chi connectivity index (χ2v) is 11.0. The summed E-state index contributed by atoms with van der Waals surface area (Å²) in [5.41, 5.74) is -0.251. The van der Waals surface area contributed by atoms with E-state index in [1.807, 2.05) is 0 Å². The first-order valence-corrected chi connectivity index (χ1v) is 13.1. The molecule has 0 spiro atoms. The highest BCUT2D eigenvalue weighted by atomic mass is 35.5. The van der Waals surface area contributed by atoms with Gasteiger partial charge in [0.25, 0.3) is 0 Å². The fourth-order valence-corrected chi connectivity index (χ4v) is 5.39. The Labute approximate surface area is 205 Å². The van der Waals surface area contributed by atoms with E-state index in [2.05, 4.69) is 66.5 Å². The van der Waals surface area contributed by atoms with Gasteiger partial charge in [0.1, 0.15) is 0 Å². The second-order valence-electron chi connectivity index (χ2n) is 10.3. The van der Waals surface area contributed by atoms with E-state index in [-0.39, 0.29) is 27.7 Å². The maximum Gasteiger partial charge on any atom is 0.231 e. The van der Waals surface area contributed by atoms with Crippen molar-refractivity contribution < 1.29 is 4.84 Å². The van der Waals surface area contributed by atoms with Crippen LogP contribution in [0.3, 0.4) is 0 Å². The van der Waals surface area contributed by atoms with Gasteiger partial charge in [0.05, 0.1) is 6.61 Å². The van der Waals surface area contributed by atoms with Crippen molar-refractivity contribution >= 4 is 29.2 Å². The summed E-state index contributed by atoms with van der Waals surface area (Å²) in [6.07, 6.45) is 11.6. The van der Waals surface area contributed by atoms with Crippen LogP contribution >= 0.6 is 23.2 Å². The molecule has 0 amide bonds. The van der Waals surface area contributed by atoms with Crippen LogP contribution in [0.5, 0.6) is 0 Å². The molecule has 0 aromatic carbocycles. The Morgan fingerprint density at radius 3 is 1.94 bits per heavy atom. The van der Waals surface area contributed by atoms with Crippen molar-refractivity contribution in [3.05, 3.63) is 10.6 Å². The maximum atomic E-state index is 6.40. The van der Waals surface area contributed by atoms with Gasteiger partial charge >= 0.3 is 0 Å². The van der Waals surface area contributed by atoms with Crippen LogP contribution in [0.2, 0.25) is 10.6 Å². The van der Waals surface area contributed by atoms with Gasteiger partial charge in [-0.1, -0.05) is 52.4 Å². The number of aromatic nitrogens is 3. The molecule has 1 aromatic heterocycles. The number of nitrogens with zero attached hydrogens (tertiary/aromatic N) is 5. The topological polar surface area (TPSA) is 54.4 Å². The Balaban J connectivity index is 2.09. The predicted octanol–water partition coefficient (Wildman–Crippen LogP) is 7.10. The van der Waals surface area contributed by atoms with E-state index in [0.29, 0.717) is 5.95 Å². The lowest BCUT2D eigenvalue weighted by Gasteiger charge is -2.55. The molecule has 32 heavy (non-hydrogen) atoms. The normalized spacial score (nSPS) is 18.8. The van der Waals surface area contributed by atoms with Gasteiger partial charge in [0.2, 0.25) is 16.5 Å². The van der Waals surface area contributed by atoms with Crippen LogP contribution in [0, 0.1) is 0 Å². The van der Waals surface area contributed by atoms with Crippen LogP contribution in [-0.4, -0.2) is 50.3 Å². The second kappa shape index (κ2) is 12.7. The minimum atomic E-state index is -0.125. The third-order valence-corrected chi connectivity index (χ3v) is 6.65. The summed E-state index contributed by atoms with van der Waals surface area (Å²) in [6, 6.07) is 0.259. The summed E-state index contributed by atoms with van der Waals surface area (Å²) in [5.74, 6) is 0.571. The van der Waals surface area contributed by atoms with Crippen LogP contribution in [0.15, 0.2) is 0 Å². The van der Waals surface area contributed by atoms with Gasteiger partial charge in [-0.3, -0.25) is 4.84 Å². The van der Waals surface area contributed by atoms with Crippen molar-refractivity contribution in [1.82, 2.24) is 20.0 Å². The van der Waals surface area contributed by atoms with E-state index in [0.717, 1.165) is 45.3 Å². The Morgan fingerprint density at radius 2 is 1.38 bits per heavy atom. The van der Waals surface area contributed by atoms with E-state index in [4.69, 9.17) is 28.0 Å². The van der Waals surface area contributed by atoms with Crippen molar-refractivity contribution in [2.45, 2.75) is 123 Å². The van der Waals surface area contributed by atoms with Gasteiger partial charge in [-0.25, -0.2) is 0 Å². The molecule has 0 aliphatic carbocycles. The third-order valence-electron chi connectivity index (χ3n) is 6.31. The molecule has 0 bridgehead atoms. The first-order chi connectivity index (χ1) is 15.1. The SMILES string of the molecule is CCCCCCCCON1C(C)(C)CC(N(CCCC)c2nc(Cl)nc(Cl)n2)CC1(C)C. The maximum absolute atomic E-state index is 6.40. The summed E-state index contributed by atoms with van der Waals surface area (Å²) in [4.78, 5) is 21.4. The van der Waals surface area contributed by atoms with Gasteiger partial charge in [-0.2, -0.15) is 20.0 Å². The van der Waals surface area contributed by atoms with Gasteiger partial charge in [0.15, 0.2) is 0 Å². The minimum Gasteiger partial charge on any atom is -0.338 e. The smallest absolute Gasteiger partial charge is 0.231 e. The molecule has 1 saturated heterocycles. The molecule has 2 heterocycles. The van der Waals surface area contributed by atoms with Gasteiger partial charge in [-0.05, 0) is 76.6 Å². The number of hydrogen-bond donors (Lipinski definition) is 0. The zero-order valence-corrected chi connectivity index (χ0v) is 22.5. The van der Waals surface area contributed by atoms with E-state index < -0.39 is 0 Å². The highest BCUT2D eigenvalue weighted by molar-refractivity contribution is 6.31. The number of hydrogen-bond acceptors (Lipinski definition) is 6. The lowest BCUT2D eigenvalue weighted by atomic mass is 9.78. The summed E-state index contributed by atoms with van der Waals surface area (Å²) in [5, 5.41) is 2.52. The number of piperidine rings is 1. The van der Waals surface area contributed by atoms with E-state index in [1.165, 1.54) is 32.1 Å². The number of rotatable bonds is 13. The molecule has 2 rings (SSSR count). The van der Waals surface area contributed by atoms with Crippen LogP contribution < -0.4 is 4.90 Å². The lowest BCUT2D eigenvalue weighted by molar-refractivity contribution is -0.283. The first-order valence-electron chi connectivity index (χ1n) is 12.4. The molecule has 1 aliphatic heterocycles. The minimum absolute atomic E-state index is 0.125. The number of halogens is 2. The summed E-state index contributed by atoms with van der Waals surface area (Å²) in [7, 11) is 0. The molecule has 0 N–H and O–H groups in total. The fourth-order valence-electron chi connectivity index (χ4n) is 5.04. The molecular formula is C24H43Cl2N5O. The van der Waals surface area contributed by atoms with Crippen molar-refractivity contribution in [3.63, 3.8) is 0 Å². The number of anilines is 1. The van der Waals surface area contributed by atoms with Crippen molar-refractivity contribution in [2.75, 3.05) is 18.1 Å². The van der Waals surface area contributed by atoms with Crippen LogP contribution in [0.4, 0.5) is 5.95 Å². The zero-order valence-electron chi connectivity index (χ0n) is 21.0. The van der Waals surface area contributed by atoms with Crippen molar-refractivity contribution in [1.29, 1.82) is 0 Å². The third kappa shape index (κ3) is 7.96. The van der Waals surface area contributed by atoms with Crippen LogP contribution in [0.1, 0.15) is 106 Å². The molecule has 1 fully saturated rings. The average Bonchev–Trinajstić information content (AvgIpc) is 2.67. The predicted molar refractivity (Wildman–Crippen MR) is 134 cm³/mol. The summed E-state index contributed by atoms with van der Waals surface area (Å²) >= 11 is 12.2. The van der Waals surface area contributed by atoms with Crippen LogP contribution in [0.25, 0.3) is 0 Å². The Kier molecular flexibility index (Phi) is 10.9.